The van der Waals surface area contributed by atoms with E-state index in [-0.39, 0.29) is 6.79 Å². The van der Waals surface area contributed by atoms with Gasteiger partial charge in [0, 0.05) is 11.6 Å². The first kappa shape index (κ1) is 16.1. The second kappa shape index (κ2) is 7.17. The molecule has 1 saturated carbocycles. The molecule has 2 N–H and O–H groups in total. The maximum absolute atomic E-state index is 5.39. The fourth-order valence-corrected chi connectivity index (χ4v) is 3.25. The molecule has 1 aliphatic heterocycles. The third-order valence-electron chi connectivity index (χ3n) is 4.54. The van der Waals surface area contributed by atoms with Crippen LogP contribution >= 0.6 is 12.2 Å². The van der Waals surface area contributed by atoms with Crippen molar-refractivity contribution < 1.29 is 9.47 Å². The van der Waals surface area contributed by atoms with Crippen LogP contribution in [-0.2, 0) is 0 Å². The maximum atomic E-state index is 5.39. The molecule has 3 rings (SSSR count). The van der Waals surface area contributed by atoms with Gasteiger partial charge in [-0.05, 0) is 56.1 Å². The van der Waals surface area contributed by atoms with Gasteiger partial charge in [-0.2, -0.15) is 5.10 Å². The molecule has 1 aromatic rings. The van der Waals surface area contributed by atoms with Gasteiger partial charge in [-0.25, -0.2) is 0 Å². The molecule has 0 unspecified atom stereocenters. The summed E-state index contributed by atoms with van der Waals surface area (Å²) >= 11 is 5.36. The van der Waals surface area contributed by atoms with Crippen molar-refractivity contribution in [2.75, 3.05) is 6.79 Å². The van der Waals surface area contributed by atoms with E-state index in [0.717, 1.165) is 22.8 Å². The van der Waals surface area contributed by atoms with Crippen LogP contribution in [0.3, 0.4) is 0 Å². The molecule has 2 atom stereocenters. The first-order valence-corrected chi connectivity index (χ1v) is 8.55. The van der Waals surface area contributed by atoms with Gasteiger partial charge < -0.3 is 14.8 Å². The number of hydrogen-bond acceptors (Lipinski definition) is 4. The van der Waals surface area contributed by atoms with Crippen LogP contribution in [0.15, 0.2) is 23.3 Å². The minimum absolute atomic E-state index is 0.279. The maximum Gasteiger partial charge on any atom is 0.231 e. The standard InChI is InChI=1S/C17H23N3O2S/c1-11-5-3-4-6-14(11)18-17(23)20-19-12(2)13-7-8-15-16(9-13)22-10-21-15/h7-9,11,14H,3-6,10H2,1-2H3,(H2,18,20,23)/b19-12-/t11-,14+/m0/s1. The monoisotopic (exact) mass is 333 g/mol. The smallest absolute Gasteiger partial charge is 0.231 e. The van der Waals surface area contributed by atoms with E-state index in [1.54, 1.807) is 0 Å². The SMILES string of the molecule is C/C(=N/NC(=S)N[C@@H]1CCCC[C@@H]1C)c1ccc2c(c1)OCO2. The van der Waals surface area contributed by atoms with Crippen LogP contribution in [0.1, 0.15) is 45.1 Å². The Morgan fingerprint density at radius 2 is 2.00 bits per heavy atom. The van der Waals surface area contributed by atoms with Gasteiger partial charge in [0.2, 0.25) is 6.79 Å². The molecule has 23 heavy (non-hydrogen) atoms. The van der Waals surface area contributed by atoms with E-state index >= 15 is 0 Å². The van der Waals surface area contributed by atoms with Gasteiger partial charge in [0.05, 0.1) is 5.71 Å². The van der Waals surface area contributed by atoms with Crippen molar-refractivity contribution in [1.29, 1.82) is 0 Å². The number of nitrogens with zero attached hydrogens (tertiary/aromatic N) is 1. The van der Waals surface area contributed by atoms with Crippen molar-refractivity contribution in [3.8, 4) is 11.5 Å². The van der Waals surface area contributed by atoms with Crippen LogP contribution in [-0.4, -0.2) is 23.7 Å². The van der Waals surface area contributed by atoms with Crippen LogP contribution < -0.4 is 20.2 Å². The normalized spacial score (nSPS) is 23.5. The zero-order valence-corrected chi connectivity index (χ0v) is 14.4. The number of fused-ring (bicyclic) bond motifs is 1. The summed E-state index contributed by atoms with van der Waals surface area (Å²) < 4.78 is 10.7. The van der Waals surface area contributed by atoms with Crippen LogP contribution in [0.4, 0.5) is 0 Å². The lowest BCUT2D eigenvalue weighted by atomic mass is 9.86. The van der Waals surface area contributed by atoms with Gasteiger partial charge in [-0.15, -0.1) is 0 Å². The zero-order chi connectivity index (χ0) is 16.2. The molecule has 1 aromatic carbocycles. The molecule has 1 aliphatic carbocycles. The Kier molecular flexibility index (Phi) is 5.00. The van der Waals surface area contributed by atoms with Crippen LogP contribution in [0, 0.1) is 5.92 Å². The van der Waals surface area contributed by atoms with E-state index in [1.807, 2.05) is 25.1 Å². The fourth-order valence-electron chi connectivity index (χ4n) is 3.05. The lowest BCUT2D eigenvalue weighted by Gasteiger charge is -2.30. The second-order valence-corrected chi connectivity index (χ2v) is 6.63. The van der Waals surface area contributed by atoms with E-state index in [4.69, 9.17) is 21.7 Å². The van der Waals surface area contributed by atoms with E-state index in [0.29, 0.717) is 17.1 Å². The lowest BCUT2D eigenvalue weighted by Crippen LogP contribution is -2.44. The molecule has 2 aliphatic rings. The first-order chi connectivity index (χ1) is 11.1. The predicted molar refractivity (Wildman–Crippen MR) is 95.1 cm³/mol. The summed E-state index contributed by atoms with van der Waals surface area (Å²) in [6.45, 7) is 4.50. The molecule has 0 spiro atoms. The van der Waals surface area contributed by atoms with Crippen molar-refractivity contribution in [2.45, 2.75) is 45.6 Å². The third-order valence-corrected chi connectivity index (χ3v) is 4.75. The average molecular weight is 333 g/mol. The highest BCUT2D eigenvalue weighted by Gasteiger charge is 2.21. The van der Waals surface area contributed by atoms with Crippen molar-refractivity contribution in [2.24, 2.45) is 11.0 Å². The Bertz CT molecular complexity index is 618. The molecular formula is C17H23N3O2S. The summed E-state index contributed by atoms with van der Waals surface area (Å²) in [5.74, 6) is 2.19. The summed E-state index contributed by atoms with van der Waals surface area (Å²) in [7, 11) is 0. The van der Waals surface area contributed by atoms with Crippen molar-refractivity contribution in [1.82, 2.24) is 10.7 Å². The highest BCUT2D eigenvalue weighted by Crippen LogP contribution is 2.32. The predicted octanol–water partition coefficient (Wildman–Crippen LogP) is 3.18. The number of rotatable bonds is 3. The van der Waals surface area contributed by atoms with Gasteiger partial charge in [0.25, 0.3) is 0 Å². The van der Waals surface area contributed by atoms with E-state index in [1.165, 1.54) is 25.7 Å². The van der Waals surface area contributed by atoms with Crippen LogP contribution in [0.2, 0.25) is 0 Å². The largest absolute Gasteiger partial charge is 0.454 e. The number of hydrogen-bond donors (Lipinski definition) is 2. The minimum atomic E-state index is 0.279. The molecule has 0 aromatic heterocycles. The molecule has 0 saturated heterocycles. The minimum Gasteiger partial charge on any atom is -0.454 e. The van der Waals surface area contributed by atoms with Gasteiger partial charge in [-0.1, -0.05) is 19.8 Å². The summed E-state index contributed by atoms with van der Waals surface area (Å²) in [4.78, 5) is 0. The molecule has 124 valence electrons. The number of thiocarbonyl (C=S) groups is 1. The highest BCUT2D eigenvalue weighted by atomic mass is 32.1. The zero-order valence-electron chi connectivity index (χ0n) is 13.6. The Balaban J connectivity index is 1.57. The molecule has 0 bridgehead atoms. The molecule has 1 fully saturated rings. The van der Waals surface area contributed by atoms with Crippen LogP contribution in [0.5, 0.6) is 11.5 Å². The van der Waals surface area contributed by atoms with Crippen molar-refractivity contribution >= 4 is 23.0 Å². The van der Waals surface area contributed by atoms with E-state index < -0.39 is 0 Å². The fraction of sp³-hybridized carbons (Fsp3) is 0.529. The molecule has 0 amide bonds. The first-order valence-electron chi connectivity index (χ1n) is 8.14. The van der Waals surface area contributed by atoms with Gasteiger partial charge in [-0.3, -0.25) is 5.43 Å². The Hall–Kier alpha value is -1.82. The average Bonchev–Trinajstić information content (AvgIpc) is 3.02. The number of hydrazone groups is 1. The highest BCUT2D eigenvalue weighted by molar-refractivity contribution is 7.80. The van der Waals surface area contributed by atoms with Gasteiger partial charge in [0.15, 0.2) is 16.6 Å². The Morgan fingerprint density at radius 3 is 2.83 bits per heavy atom. The van der Waals surface area contributed by atoms with Crippen molar-refractivity contribution in [3.63, 3.8) is 0 Å². The van der Waals surface area contributed by atoms with Gasteiger partial charge in [0.1, 0.15) is 0 Å². The molecule has 5 nitrogen and oxygen atoms in total. The van der Waals surface area contributed by atoms with Crippen molar-refractivity contribution in [3.05, 3.63) is 23.8 Å². The number of nitrogens with one attached hydrogen (secondary N) is 2. The second-order valence-electron chi connectivity index (χ2n) is 6.22. The third kappa shape index (κ3) is 3.93. The van der Waals surface area contributed by atoms with Gasteiger partial charge >= 0.3 is 0 Å². The van der Waals surface area contributed by atoms with Crippen LogP contribution in [0.25, 0.3) is 0 Å². The summed E-state index contributed by atoms with van der Waals surface area (Å²) in [6.07, 6.45) is 5.03. The van der Waals surface area contributed by atoms with E-state index in [2.05, 4.69) is 22.8 Å². The summed E-state index contributed by atoms with van der Waals surface area (Å²) in [5.41, 5.74) is 4.79. The summed E-state index contributed by atoms with van der Waals surface area (Å²) in [5, 5.41) is 8.35. The topological polar surface area (TPSA) is 54.9 Å². The molecular weight excluding hydrogens is 310 g/mol. The lowest BCUT2D eigenvalue weighted by molar-refractivity contribution is 0.174. The number of benzene rings is 1. The summed E-state index contributed by atoms with van der Waals surface area (Å²) in [6, 6.07) is 6.25. The molecule has 6 heteroatoms. The van der Waals surface area contributed by atoms with E-state index in [9.17, 15) is 0 Å². The Morgan fingerprint density at radius 1 is 1.22 bits per heavy atom. The number of ether oxygens (including phenoxy) is 2. The molecule has 1 heterocycles. The Labute approximate surface area is 142 Å². The quantitative estimate of drug-likeness (QED) is 0.505. The molecule has 0 radical (unpaired) electrons.